The fourth-order valence-electron chi connectivity index (χ4n) is 0.933. The Bertz CT molecular complexity index is 301. The first-order chi connectivity index (χ1) is 6.24. The zero-order valence-corrected chi connectivity index (χ0v) is 8.34. The molecule has 2 N–H and O–H groups in total. The molecule has 1 rings (SSSR count). The van der Waals surface area contributed by atoms with Crippen LogP contribution in [-0.4, -0.2) is 23.7 Å². The molecule has 4 heteroatoms. The maximum atomic E-state index is 11.5. The van der Waals surface area contributed by atoms with E-state index in [1.165, 1.54) is 0 Å². The summed E-state index contributed by atoms with van der Waals surface area (Å²) < 4.78 is 16.4. The first-order valence-electron chi connectivity index (χ1n) is 3.97. The summed E-state index contributed by atoms with van der Waals surface area (Å²) in [6, 6.07) is 7.11. The van der Waals surface area contributed by atoms with Crippen molar-refractivity contribution in [3.05, 3.63) is 24.3 Å². The van der Waals surface area contributed by atoms with Crippen LogP contribution in [-0.2, 0) is 15.5 Å². The molecule has 0 aliphatic heterocycles. The summed E-state index contributed by atoms with van der Waals surface area (Å²) in [6.45, 7) is 0.501. The Hall–Kier alpha value is -0.870. The van der Waals surface area contributed by atoms with Crippen molar-refractivity contribution in [3.63, 3.8) is 0 Å². The van der Waals surface area contributed by atoms with E-state index < -0.39 is 10.8 Å². The summed E-state index contributed by atoms with van der Waals surface area (Å²) in [5.74, 6) is 0.514. The molecule has 0 saturated heterocycles. The number of methoxy groups -OCH3 is 1. The van der Waals surface area contributed by atoms with Crippen LogP contribution in [0.5, 0.6) is 0 Å². The SMILES string of the molecule is COCCS(=O)c1cccc(N)c1. The maximum Gasteiger partial charge on any atom is 0.0581 e. The van der Waals surface area contributed by atoms with Gasteiger partial charge in [0.15, 0.2) is 0 Å². The molecule has 1 aromatic carbocycles. The molecule has 0 spiro atoms. The number of nitrogens with two attached hydrogens (primary N) is 1. The number of hydrogen-bond donors (Lipinski definition) is 1. The molecule has 72 valence electrons. The van der Waals surface area contributed by atoms with Crippen LogP contribution in [0, 0.1) is 0 Å². The van der Waals surface area contributed by atoms with Crippen LogP contribution in [0.2, 0.25) is 0 Å². The van der Waals surface area contributed by atoms with E-state index in [9.17, 15) is 4.21 Å². The number of ether oxygens (including phenoxy) is 1. The fraction of sp³-hybridized carbons (Fsp3) is 0.333. The highest BCUT2D eigenvalue weighted by molar-refractivity contribution is 7.85. The van der Waals surface area contributed by atoms with Gasteiger partial charge in [-0.3, -0.25) is 4.21 Å². The van der Waals surface area contributed by atoms with Crippen molar-refractivity contribution in [3.8, 4) is 0 Å². The smallest absolute Gasteiger partial charge is 0.0581 e. The molecule has 0 saturated carbocycles. The van der Waals surface area contributed by atoms with E-state index >= 15 is 0 Å². The molecule has 13 heavy (non-hydrogen) atoms. The Morgan fingerprint density at radius 1 is 1.54 bits per heavy atom. The molecule has 1 aromatic rings. The standard InChI is InChI=1S/C9H13NO2S/c1-12-5-6-13(11)9-4-2-3-8(10)7-9/h2-4,7H,5-6,10H2,1H3. The lowest BCUT2D eigenvalue weighted by molar-refractivity contribution is 0.218. The molecule has 0 aliphatic rings. The third kappa shape index (κ3) is 3.16. The van der Waals surface area contributed by atoms with Gasteiger partial charge in [-0.15, -0.1) is 0 Å². The summed E-state index contributed by atoms with van der Waals surface area (Å²) in [7, 11) is 0.595. The predicted octanol–water partition coefficient (Wildman–Crippen LogP) is 1.02. The second-order valence-corrected chi connectivity index (χ2v) is 4.19. The third-order valence-electron chi connectivity index (χ3n) is 1.59. The molecule has 0 amide bonds. The summed E-state index contributed by atoms with van der Waals surface area (Å²) >= 11 is 0. The van der Waals surface area contributed by atoms with E-state index in [4.69, 9.17) is 10.5 Å². The van der Waals surface area contributed by atoms with E-state index in [1.54, 1.807) is 25.3 Å². The van der Waals surface area contributed by atoms with Gasteiger partial charge in [0.2, 0.25) is 0 Å². The Morgan fingerprint density at radius 3 is 2.92 bits per heavy atom. The van der Waals surface area contributed by atoms with E-state index in [2.05, 4.69) is 0 Å². The molecule has 1 unspecified atom stereocenters. The van der Waals surface area contributed by atoms with Gasteiger partial charge in [-0.05, 0) is 18.2 Å². The van der Waals surface area contributed by atoms with Crippen molar-refractivity contribution in [2.24, 2.45) is 0 Å². The Morgan fingerprint density at radius 2 is 2.31 bits per heavy atom. The number of hydrogen-bond acceptors (Lipinski definition) is 3. The van der Waals surface area contributed by atoms with E-state index in [1.807, 2.05) is 6.07 Å². The van der Waals surface area contributed by atoms with E-state index in [-0.39, 0.29) is 0 Å². The van der Waals surface area contributed by atoms with Gasteiger partial charge in [0.25, 0.3) is 0 Å². The zero-order valence-electron chi connectivity index (χ0n) is 7.53. The van der Waals surface area contributed by atoms with Crippen molar-refractivity contribution in [2.75, 3.05) is 25.2 Å². The van der Waals surface area contributed by atoms with Gasteiger partial charge >= 0.3 is 0 Å². The number of anilines is 1. The van der Waals surface area contributed by atoms with Gasteiger partial charge in [0.05, 0.1) is 23.2 Å². The lowest BCUT2D eigenvalue weighted by Gasteiger charge is -2.01. The average Bonchev–Trinajstić information content (AvgIpc) is 2.14. The molecular weight excluding hydrogens is 186 g/mol. The van der Waals surface area contributed by atoms with Crippen LogP contribution in [0.1, 0.15) is 0 Å². The summed E-state index contributed by atoms with van der Waals surface area (Å²) in [5.41, 5.74) is 6.20. The third-order valence-corrected chi connectivity index (χ3v) is 2.91. The van der Waals surface area contributed by atoms with Gasteiger partial charge in [-0.25, -0.2) is 0 Å². The predicted molar refractivity (Wildman–Crippen MR) is 54.0 cm³/mol. The van der Waals surface area contributed by atoms with Crippen LogP contribution in [0.25, 0.3) is 0 Å². The summed E-state index contributed by atoms with van der Waals surface area (Å²) in [5, 5.41) is 0. The van der Waals surface area contributed by atoms with Crippen molar-refractivity contribution in [2.45, 2.75) is 4.90 Å². The van der Waals surface area contributed by atoms with Gasteiger partial charge in [0, 0.05) is 17.7 Å². The molecule has 1 atom stereocenters. The first-order valence-corrected chi connectivity index (χ1v) is 5.29. The molecule has 3 nitrogen and oxygen atoms in total. The highest BCUT2D eigenvalue weighted by Crippen LogP contribution is 2.10. The lowest BCUT2D eigenvalue weighted by Crippen LogP contribution is -2.04. The summed E-state index contributed by atoms with van der Waals surface area (Å²) in [4.78, 5) is 0.761. The van der Waals surface area contributed by atoms with E-state index in [0.717, 1.165) is 4.90 Å². The molecule has 0 heterocycles. The maximum absolute atomic E-state index is 11.5. The van der Waals surface area contributed by atoms with Gasteiger partial charge in [-0.2, -0.15) is 0 Å². The Labute approximate surface area is 80.4 Å². The number of rotatable bonds is 4. The van der Waals surface area contributed by atoms with E-state index in [0.29, 0.717) is 18.0 Å². The van der Waals surface area contributed by atoms with Crippen molar-refractivity contribution in [1.82, 2.24) is 0 Å². The number of nitrogen functional groups attached to an aromatic ring is 1. The van der Waals surface area contributed by atoms with Crippen LogP contribution < -0.4 is 5.73 Å². The Kier molecular flexibility index (Phi) is 3.92. The second kappa shape index (κ2) is 4.99. The quantitative estimate of drug-likeness (QED) is 0.737. The second-order valence-electron chi connectivity index (χ2n) is 2.61. The van der Waals surface area contributed by atoms with Gasteiger partial charge < -0.3 is 10.5 Å². The van der Waals surface area contributed by atoms with Crippen LogP contribution in [0.15, 0.2) is 29.2 Å². The van der Waals surface area contributed by atoms with Crippen LogP contribution in [0.3, 0.4) is 0 Å². The zero-order chi connectivity index (χ0) is 9.68. The topological polar surface area (TPSA) is 52.3 Å². The molecule has 0 fully saturated rings. The first kappa shape index (κ1) is 10.2. The monoisotopic (exact) mass is 199 g/mol. The largest absolute Gasteiger partial charge is 0.399 e. The lowest BCUT2D eigenvalue weighted by atomic mass is 10.3. The fourth-order valence-corrected chi connectivity index (χ4v) is 1.98. The summed E-state index contributed by atoms with van der Waals surface area (Å²) in [6.07, 6.45) is 0. The van der Waals surface area contributed by atoms with Crippen LogP contribution in [0.4, 0.5) is 5.69 Å². The van der Waals surface area contributed by atoms with Crippen molar-refractivity contribution >= 4 is 16.5 Å². The Balaban J connectivity index is 2.66. The van der Waals surface area contributed by atoms with Crippen LogP contribution >= 0.6 is 0 Å². The minimum Gasteiger partial charge on any atom is -0.399 e. The molecular formula is C9H13NO2S. The molecule has 0 aromatic heterocycles. The van der Waals surface area contributed by atoms with Crippen molar-refractivity contribution in [1.29, 1.82) is 0 Å². The minimum atomic E-state index is -0.999. The molecule has 0 radical (unpaired) electrons. The normalized spacial score (nSPS) is 12.7. The highest BCUT2D eigenvalue weighted by atomic mass is 32.2. The number of benzene rings is 1. The molecule has 0 bridgehead atoms. The highest BCUT2D eigenvalue weighted by Gasteiger charge is 2.02. The molecule has 0 aliphatic carbocycles. The van der Waals surface area contributed by atoms with Crippen molar-refractivity contribution < 1.29 is 8.95 Å². The average molecular weight is 199 g/mol. The van der Waals surface area contributed by atoms with Gasteiger partial charge in [0.1, 0.15) is 0 Å². The minimum absolute atomic E-state index is 0.501. The van der Waals surface area contributed by atoms with Gasteiger partial charge in [-0.1, -0.05) is 6.07 Å².